The number of carbonyl (C=O) groups is 3. The molecule has 0 atom stereocenters. The molecule has 0 N–H and O–H groups in total. The zero-order valence-corrected chi connectivity index (χ0v) is 9.86. The number of carbonyl (C=O) groups excluding carboxylic acids is 3. The number of hydrogen-bond acceptors (Lipinski definition) is 4. The van der Waals surface area contributed by atoms with Crippen LogP contribution in [0.4, 0.5) is 0 Å². The Balaban J connectivity index is 2.57. The summed E-state index contributed by atoms with van der Waals surface area (Å²) in [6.45, 7) is 1.94. The SMILES string of the molecule is COC(=O)CC(=O)C(=O)Cc1ccc(C)cc1. The van der Waals surface area contributed by atoms with Gasteiger partial charge in [-0.1, -0.05) is 29.8 Å². The van der Waals surface area contributed by atoms with Gasteiger partial charge in [0.1, 0.15) is 6.42 Å². The standard InChI is InChI=1S/C13H14O4/c1-9-3-5-10(6-4-9)7-11(14)12(15)8-13(16)17-2/h3-6H,7-8H2,1-2H3. The van der Waals surface area contributed by atoms with E-state index in [4.69, 9.17) is 0 Å². The minimum atomic E-state index is -0.711. The molecule has 4 nitrogen and oxygen atoms in total. The van der Waals surface area contributed by atoms with Crippen LogP contribution < -0.4 is 0 Å². The Bertz CT molecular complexity index is 431. The molecule has 0 saturated carbocycles. The predicted octanol–water partition coefficient (Wildman–Crippen LogP) is 1.24. The zero-order chi connectivity index (χ0) is 12.8. The number of methoxy groups -OCH3 is 1. The number of benzene rings is 1. The highest BCUT2D eigenvalue weighted by Crippen LogP contribution is 2.05. The van der Waals surface area contributed by atoms with E-state index in [-0.39, 0.29) is 6.42 Å². The molecule has 0 spiro atoms. The molecule has 0 radical (unpaired) electrons. The van der Waals surface area contributed by atoms with Crippen molar-refractivity contribution < 1.29 is 19.1 Å². The van der Waals surface area contributed by atoms with E-state index in [9.17, 15) is 14.4 Å². The van der Waals surface area contributed by atoms with Crippen LogP contribution >= 0.6 is 0 Å². The van der Waals surface area contributed by atoms with Gasteiger partial charge in [0, 0.05) is 6.42 Å². The van der Waals surface area contributed by atoms with Crippen molar-refractivity contribution in [2.75, 3.05) is 7.11 Å². The normalized spacial score (nSPS) is 9.76. The second-order valence-corrected chi connectivity index (χ2v) is 3.76. The molecular formula is C13H14O4. The molecule has 0 aromatic heterocycles. The van der Waals surface area contributed by atoms with Crippen molar-refractivity contribution in [1.82, 2.24) is 0 Å². The minimum absolute atomic E-state index is 0.0239. The van der Waals surface area contributed by atoms with Gasteiger partial charge >= 0.3 is 5.97 Å². The second kappa shape index (κ2) is 5.94. The smallest absolute Gasteiger partial charge is 0.313 e. The quantitative estimate of drug-likeness (QED) is 0.437. The third kappa shape index (κ3) is 4.18. The van der Waals surface area contributed by atoms with Gasteiger partial charge in [-0.2, -0.15) is 0 Å². The van der Waals surface area contributed by atoms with Crippen molar-refractivity contribution in [3.63, 3.8) is 0 Å². The molecule has 0 saturated heterocycles. The topological polar surface area (TPSA) is 60.4 Å². The Morgan fingerprint density at radius 1 is 1.06 bits per heavy atom. The number of Topliss-reactive ketones (excluding diaryl/α,β-unsaturated/α-hetero) is 2. The van der Waals surface area contributed by atoms with Crippen molar-refractivity contribution in [3.8, 4) is 0 Å². The third-order valence-corrected chi connectivity index (χ3v) is 2.33. The Kier molecular flexibility index (Phi) is 4.57. The minimum Gasteiger partial charge on any atom is -0.469 e. The molecule has 0 heterocycles. The summed E-state index contributed by atoms with van der Waals surface area (Å²) in [6, 6.07) is 7.32. The highest BCUT2D eigenvalue weighted by atomic mass is 16.5. The number of ether oxygens (including phenoxy) is 1. The molecule has 1 rings (SSSR count). The van der Waals surface area contributed by atoms with Gasteiger partial charge in [-0.25, -0.2) is 0 Å². The van der Waals surface area contributed by atoms with Crippen LogP contribution in [0.25, 0.3) is 0 Å². The van der Waals surface area contributed by atoms with Gasteiger partial charge in [0.25, 0.3) is 0 Å². The van der Waals surface area contributed by atoms with E-state index in [0.717, 1.165) is 11.1 Å². The lowest BCUT2D eigenvalue weighted by atomic mass is 10.0. The number of esters is 1. The van der Waals surface area contributed by atoms with Crippen molar-refractivity contribution in [2.24, 2.45) is 0 Å². The van der Waals surface area contributed by atoms with Gasteiger partial charge in [-0.15, -0.1) is 0 Å². The van der Waals surface area contributed by atoms with Crippen molar-refractivity contribution >= 4 is 17.5 Å². The molecule has 0 fully saturated rings. The highest BCUT2D eigenvalue weighted by Gasteiger charge is 2.18. The molecule has 4 heteroatoms. The van der Waals surface area contributed by atoms with E-state index in [0.29, 0.717) is 0 Å². The molecule has 90 valence electrons. The average molecular weight is 234 g/mol. The van der Waals surface area contributed by atoms with Gasteiger partial charge < -0.3 is 4.74 Å². The first-order valence-corrected chi connectivity index (χ1v) is 5.21. The largest absolute Gasteiger partial charge is 0.469 e. The molecule has 0 amide bonds. The fraction of sp³-hybridized carbons (Fsp3) is 0.308. The van der Waals surface area contributed by atoms with Crippen LogP contribution in [-0.4, -0.2) is 24.6 Å². The summed E-state index contributed by atoms with van der Waals surface area (Å²) >= 11 is 0. The summed E-state index contributed by atoms with van der Waals surface area (Å²) < 4.78 is 4.32. The lowest BCUT2D eigenvalue weighted by molar-refractivity contribution is -0.146. The summed E-state index contributed by atoms with van der Waals surface area (Å²) in [6.07, 6.45) is -0.461. The summed E-state index contributed by atoms with van der Waals surface area (Å²) in [5.41, 5.74) is 1.85. The Morgan fingerprint density at radius 3 is 2.18 bits per heavy atom. The predicted molar refractivity (Wildman–Crippen MR) is 61.5 cm³/mol. The number of ketones is 2. The van der Waals surface area contributed by atoms with Crippen molar-refractivity contribution in [3.05, 3.63) is 35.4 Å². The second-order valence-electron chi connectivity index (χ2n) is 3.76. The first kappa shape index (κ1) is 13.1. The van der Waals surface area contributed by atoms with E-state index < -0.39 is 24.0 Å². The first-order valence-electron chi connectivity index (χ1n) is 5.21. The van der Waals surface area contributed by atoms with E-state index in [1.165, 1.54) is 7.11 Å². The van der Waals surface area contributed by atoms with Gasteiger partial charge in [-0.3, -0.25) is 14.4 Å². The Morgan fingerprint density at radius 2 is 1.65 bits per heavy atom. The molecule has 0 unspecified atom stereocenters. The van der Waals surface area contributed by atoms with Crippen LogP contribution in [0.5, 0.6) is 0 Å². The maximum atomic E-state index is 11.5. The molecule has 17 heavy (non-hydrogen) atoms. The first-order chi connectivity index (χ1) is 8.02. The van der Waals surface area contributed by atoms with Gasteiger partial charge in [-0.05, 0) is 12.5 Å². The monoisotopic (exact) mass is 234 g/mol. The van der Waals surface area contributed by atoms with Crippen LogP contribution in [0.1, 0.15) is 17.5 Å². The van der Waals surface area contributed by atoms with Crippen molar-refractivity contribution in [2.45, 2.75) is 19.8 Å². The zero-order valence-electron chi connectivity index (χ0n) is 9.86. The number of aryl methyl sites for hydroxylation is 1. The lowest BCUT2D eigenvalue weighted by Crippen LogP contribution is -2.20. The fourth-order valence-corrected chi connectivity index (χ4v) is 1.29. The maximum absolute atomic E-state index is 11.5. The van der Waals surface area contributed by atoms with Crippen LogP contribution in [-0.2, 0) is 25.5 Å². The molecule has 1 aromatic carbocycles. The maximum Gasteiger partial charge on any atom is 0.313 e. The van der Waals surface area contributed by atoms with Gasteiger partial charge in [0.2, 0.25) is 11.6 Å². The molecular weight excluding hydrogens is 220 g/mol. The lowest BCUT2D eigenvalue weighted by Gasteiger charge is -2.01. The van der Waals surface area contributed by atoms with Crippen molar-refractivity contribution in [1.29, 1.82) is 0 Å². The summed E-state index contributed by atoms with van der Waals surface area (Å²) in [7, 11) is 1.18. The van der Waals surface area contributed by atoms with Gasteiger partial charge in [0.05, 0.1) is 7.11 Å². The Hall–Kier alpha value is -1.97. The summed E-state index contributed by atoms with van der Waals surface area (Å²) in [5.74, 6) is -1.97. The summed E-state index contributed by atoms with van der Waals surface area (Å²) in [4.78, 5) is 33.7. The Labute approximate surface area is 99.6 Å². The third-order valence-electron chi connectivity index (χ3n) is 2.33. The molecule has 0 bridgehead atoms. The molecule has 0 aliphatic carbocycles. The van der Waals surface area contributed by atoms with Gasteiger partial charge in [0.15, 0.2) is 0 Å². The molecule has 0 aliphatic heterocycles. The summed E-state index contributed by atoms with van der Waals surface area (Å²) in [5, 5.41) is 0. The number of rotatable bonds is 5. The molecule has 0 aliphatic rings. The van der Waals surface area contributed by atoms with Crippen LogP contribution in [0, 0.1) is 6.92 Å². The van der Waals surface area contributed by atoms with Crippen LogP contribution in [0.2, 0.25) is 0 Å². The average Bonchev–Trinajstić information content (AvgIpc) is 2.31. The number of hydrogen-bond donors (Lipinski definition) is 0. The molecule has 1 aromatic rings. The van der Waals surface area contributed by atoms with Crippen LogP contribution in [0.15, 0.2) is 24.3 Å². The van der Waals surface area contributed by atoms with E-state index in [1.54, 1.807) is 12.1 Å². The highest BCUT2D eigenvalue weighted by molar-refractivity contribution is 6.40. The van der Waals surface area contributed by atoms with E-state index >= 15 is 0 Å². The van der Waals surface area contributed by atoms with E-state index in [2.05, 4.69) is 4.74 Å². The fourth-order valence-electron chi connectivity index (χ4n) is 1.29. The van der Waals surface area contributed by atoms with E-state index in [1.807, 2.05) is 19.1 Å². The van der Waals surface area contributed by atoms with Crippen LogP contribution in [0.3, 0.4) is 0 Å².